The van der Waals surface area contributed by atoms with Crippen molar-refractivity contribution in [2.24, 2.45) is 7.05 Å². The lowest BCUT2D eigenvalue weighted by molar-refractivity contribution is -0.137. The van der Waals surface area contributed by atoms with E-state index in [0.717, 1.165) is 19.3 Å². The number of carbonyl (C=O) groups is 1. The largest absolute Gasteiger partial charge is 0.481 e. The summed E-state index contributed by atoms with van der Waals surface area (Å²) in [5.41, 5.74) is 1.31. The van der Waals surface area contributed by atoms with E-state index in [2.05, 4.69) is 11.2 Å². The van der Waals surface area contributed by atoms with Gasteiger partial charge >= 0.3 is 5.97 Å². The van der Waals surface area contributed by atoms with E-state index in [1.165, 1.54) is 44.2 Å². The number of aryl methyl sites for hydroxylation is 2. The van der Waals surface area contributed by atoms with E-state index >= 15 is 0 Å². The Kier molecular flexibility index (Phi) is 7.94. The molecule has 0 aliphatic heterocycles. The minimum absolute atomic E-state index is 0.324. The number of carboxylic acid groups (broad SMARTS) is 1. The molecule has 0 bridgehead atoms. The Morgan fingerprint density at radius 3 is 2.21 bits per heavy atom. The van der Waals surface area contributed by atoms with E-state index in [1.807, 2.05) is 17.9 Å². The first-order chi connectivity index (χ1) is 9.20. The van der Waals surface area contributed by atoms with Gasteiger partial charge in [-0.3, -0.25) is 9.48 Å². The van der Waals surface area contributed by atoms with Gasteiger partial charge in [0.05, 0.1) is 0 Å². The molecule has 0 aliphatic rings. The van der Waals surface area contributed by atoms with Crippen molar-refractivity contribution in [3.05, 3.63) is 18.0 Å². The lowest BCUT2D eigenvalue weighted by Crippen LogP contribution is -1.97. The van der Waals surface area contributed by atoms with Gasteiger partial charge in [-0.05, 0) is 25.3 Å². The van der Waals surface area contributed by atoms with E-state index in [9.17, 15) is 4.79 Å². The molecule has 0 saturated carbocycles. The van der Waals surface area contributed by atoms with Gasteiger partial charge in [0, 0.05) is 25.4 Å². The van der Waals surface area contributed by atoms with E-state index in [-0.39, 0.29) is 0 Å². The zero-order chi connectivity index (χ0) is 13.9. The predicted octanol–water partition coefficient (Wildman–Crippen LogP) is 3.56. The Morgan fingerprint density at radius 1 is 1.11 bits per heavy atom. The van der Waals surface area contributed by atoms with Gasteiger partial charge in [0.25, 0.3) is 0 Å². The SMILES string of the molecule is Cn1nccc1CCCCCCCCCCC(=O)O. The fraction of sp³-hybridized carbons (Fsp3) is 0.733. The molecule has 0 fully saturated rings. The number of hydrogen-bond acceptors (Lipinski definition) is 2. The van der Waals surface area contributed by atoms with Gasteiger partial charge in [-0.25, -0.2) is 0 Å². The second kappa shape index (κ2) is 9.59. The quantitative estimate of drug-likeness (QED) is 0.623. The van der Waals surface area contributed by atoms with E-state index < -0.39 is 5.97 Å². The zero-order valence-electron chi connectivity index (χ0n) is 12.0. The molecule has 0 aromatic carbocycles. The second-order valence-corrected chi connectivity index (χ2v) is 5.17. The van der Waals surface area contributed by atoms with Gasteiger partial charge < -0.3 is 5.11 Å². The third-order valence-corrected chi connectivity index (χ3v) is 3.50. The Bertz CT molecular complexity index is 361. The molecule has 4 nitrogen and oxygen atoms in total. The molecule has 0 saturated heterocycles. The lowest BCUT2D eigenvalue weighted by Gasteiger charge is -2.03. The van der Waals surface area contributed by atoms with Crippen LogP contribution in [0.5, 0.6) is 0 Å². The molecule has 0 radical (unpaired) electrons. The fourth-order valence-electron chi connectivity index (χ4n) is 2.29. The highest BCUT2D eigenvalue weighted by Crippen LogP contribution is 2.11. The van der Waals surface area contributed by atoms with E-state index in [4.69, 9.17) is 5.11 Å². The summed E-state index contributed by atoms with van der Waals surface area (Å²) >= 11 is 0. The summed E-state index contributed by atoms with van der Waals surface area (Å²) in [5.74, 6) is -0.671. The van der Waals surface area contributed by atoms with E-state index in [0.29, 0.717) is 6.42 Å². The number of aromatic nitrogens is 2. The first-order valence-electron chi connectivity index (χ1n) is 7.39. The van der Waals surface area contributed by atoms with Crippen LogP contribution in [0.15, 0.2) is 12.3 Å². The number of hydrogen-bond donors (Lipinski definition) is 1. The van der Waals surface area contributed by atoms with Crippen molar-refractivity contribution >= 4 is 5.97 Å². The van der Waals surface area contributed by atoms with Crippen LogP contribution in [0, 0.1) is 0 Å². The maximum atomic E-state index is 10.3. The number of aliphatic carboxylic acids is 1. The normalized spacial score (nSPS) is 10.8. The Hall–Kier alpha value is -1.32. The van der Waals surface area contributed by atoms with Gasteiger partial charge in [0.1, 0.15) is 0 Å². The molecule has 4 heteroatoms. The van der Waals surface area contributed by atoms with Crippen LogP contribution in [-0.4, -0.2) is 20.9 Å². The van der Waals surface area contributed by atoms with Crippen molar-refractivity contribution in [1.82, 2.24) is 9.78 Å². The van der Waals surface area contributed by atoms with Crippen molar-refractivity contribution in [3.63, 3.8) is 0 Å². The van der Waals surface area contributed by atoms with Crippen LogP contribution in [0.4, 0.5) is 0 Å². The van der Waals surface area contributed by atoms with Crippen LogP contribution in [-0.2, 0) is 18.3 Å². The summed E-state index contributed by atoms with van der Waals surface area (Å²) in [7, 11) is 1.99. The van der Waals surface area contributed by atoms with Gasteiger partial charge in [0.15, 0.2) is 0 Å². The summed E-state index contributed by atoms with van der Waals surface area (Å²) in [6.07, 6.45) is 12.7. The van der Waals surface area contributed by atoms with Crippen LogP contribution in [0.3, 0.4) is 0 Å². The zero-order valence-corrected chi connectivity index (χ0v) is 12.0. The molecule has 0 aliphatic carbocycles. The molecule has 19 heavy (non-hydrogen) atoms. The van der Waals surface area contributed by atoms with Crippen LogP contribution in [0.25, 0.3) is 0 Å². The van der Waals surface area contributed by atoms with Crippen LogP contribution in [0.2, 0.25) is 0 Å². The standard InChI is InChI=1S/C15H26N2O2/c1-17-14(12-13-16-17)10-8-6-4-2-3-5-7-9-11-15(18)19/h12-13H,2-11H2,1H3,(H,18,19). The molecule has 0 amide bonds. The average Bonchev–Trinajstić information content (AvgIpc) is 2.77. The molecule has 0 spiro atoms. The van der Waals surface area contributed by atoms with Crippen molar-refractivity contribution in [3.8, 4) is 0 Å². The molecule has 0 atom stereocenters. The maximum Gasteiger partial charge on any atom is 0.303 e. The highest BCUT2D eigenvalue weighted by Gasteiger charge is 1.99. The fourth-order valence-corrected chi connectivity index (χ4v) is 2.29. The van der Waals surface area contributed by atoms with Crippen molar-refractivity contribution in [2.75, 3.05) is 0 Å². The first-order valence-corrected chi connectivity index (χ1v) is 7.39. The van der Waals surface area contributed by atoms with Gasteiger partial charge in [-0.2, -0.15) is 5.10 Å². The van der Waals surface area contributed by atoms with Gasteiger partial charge in [-0.1, -0.05) is 38.5 Å². The first kappa shape index (κ1) is 15.7. The minimum atomic E-state index is -0.671. The highest BCUT2D eigenvalue weighted by atomic mass is 16.4. The van der Waals surface area contributed by atoms with Gasteiger partial charge in [0.2, 0.25) is 0 Å². The smallest absolute Gasteiger partial charge is 0.303 e. The Morgan fingerprint density at radius 2 is 1.68 bits per heavy atom. The molecule has 1 rings (SSSR count). The number of nitrogens with zero attached hydrogens (tertiary/aromatic N) is 2. The minimum Gasteiger partial charge on any atom is -0.481 e. The molecule has 0 unspecified atom stereocenters. The summed E-state index contributed by atoms with van der Waals surface area (Å²) in [6.45, 7) is 0. The average molecular weight is 266 g/mol. The monoisotopic (exact) mass is 266 g/mol. The van der Waals surface area contributed by atoms with Crippen LogP contribution in [0.1, 0.15) is 63.5 Å². The number of unbranched alkanes of at least 4 members (excludes halogenated alkanes) is 7. The molecule has 1 heterocycles. The summed E-state index contributed by atoms with van der Waals surface area (Å²) in [6, 6.07) is 2.09. The predicted molar refractivity (Wildman–Crippen MR) is 76.1 cm³/mol. The molecular weight excluding hydrogens is 240 g/mol. The van der Waals surface area contributed by atoms with Crippen molar-refractivity contribution in [2.45, 2.75) is 64.2 Å². The van der Waals surface area contributed by atoms with Gasteiger partial charge in [-0.15, -0.1) is 0 Å². The summed E-state index contributed by atoms with van der Waals surface area (Å²) < 4.78 is 1.95. The number of rotatable bonds is 11. The second-order valence-electron chi connectivity index (χ2n) is 5.17. The number of carboxylic acids is 1. The Balaban J connectivity index is 1.84. The van der Waals surface area contributed by atoms with Crippen LogP contribution >= 0.6 is 0 Å². The maximum absolute atomic E-state index is 10.3. The van der Waals surface area contributed by atoms with Crippen molar-refractivity contribution in [1.29, 1.82) is 0 Å². The van der Waals surface area contributed by atoms with Crippen LogP contribution < -0.4 is 0 Å². The molecule has 1 aromatic rings. The summed E-state index contributed by atoms with van der Waals surface area (Å²) in [4.78, 5) is 10.3. The lowest BCUT2D eigenvalue weighted by atomic mass is 10.1. The molecular formula is C15H26N2O2. The molecule has 1 aromatic heterocycles. The summed E-state index contributed by atoms with van der Waals surface area (Å²) in [5, 5.41) is 12.7. The third-order valence-electron chi connectivity index (χ3n) is 3.50. The van der Waals surface area contributed by atoms with Crippen molar-refractivity contribution < 1.29 is 9.90 Å². The topological polar surface area (TPSA) is 55.1 Å². The third kappa shape index (κ3) is 7.65. The Labute approximate surface area is 115 Å². The van der Waals surface area contributed by atoms with E-state index in [1.54, 1.807) is 0 Å². The molecule has 1 N–H and O–H groups in total. The highest BCUT2D eigenvalue weighted by molar-refractivity contribution is 5.66. The molecule has 108 valence electrons.